The molecule has 1 heterocycles. The van der Waals surface area contributed by atoms with Gasteiger partial charge in [0.1, 0.15) is 6.04 Å². The number of carbonyl (C=O) groups is 1. The predicted octanol–water partition coefficient (Wildman–Crippen LogP) is 2.33. The Bertz CT molecular complexity index is 455. The third kappa shape index (κ3) is 2.37. The average molecular weight is 247 g/mol. The van der Waals surface area contributed by atoms with Gasteiger partial charge in [-0.15, -0.1) is 0 Å². The molecule has 0 fully saturated rings. The summed E-state index contributed by atoms with van der Waals surface area (Å²) in [4.78, 5) is 15.7. The summed E-state index contributed by atoms with van der Waals surface area (Å²) in [7, 11) is 0. The Balaban J connectivity index is 2.27. The largest absolute Gasteiger partial charge is 0.478 e. The van der Waals surface area contributed by atoms with Crippen molar-refractivity contribution < 1.29 is 14.6 Å². The number of carboxylic acid groups (broad SMARTS) is 1. The first-order valence-electron chi connectivity index (χ1n) is 6.16. The number of rotatable bonds is 4. The highest BCUT2D eigenvalue weighted by molar-refractivity contribution is 5.97. The Morgan fingerprint density at radius 3 is 2.67 bits per heavy atom. The number of carboxylic acids is 1. The SMILES string of the molecule is CCC(C)[C@@H]1N=C(c2ccccc2)O[C@H]1C(=O)O. The molecule has 1 aliphatic heterocycles. The van der Waals surface area contributed by atoms with Gasteiger partial charge in [0, 0.05) is 5.56 Å². The number of aliphatic imine (C=N–C) groups is 1. The average Bonchev–Trinajstić information content (AvgIpc) is 2.84. The Morgan fingerprint density at radius 2 is 2.11 bits per heavy atom. The Hall–Kier alpha value is -1.84. The lowest BCUT2D eigenvalue weighted by molar-refractivity contribution is -0.146. The van der Waals surface area contributed by atoms with Gasteiger partial charge in [-0.3, -0.25) is 0 Å². The summed E-state index contributed by atoms with van der Waals surface area (Å²) >= 11 is 0. The van der Waals surface area contributed by atoms with Crippen molar-refractivity contribution >= 4 is 11.9 Å². The van der Waals surface area contributed by atoms with Crippen LogP contribution >= 0.6 is 0 Å². The Labute approximate surface area is 106 Å². The molecule has 2 rings (SSSR count). The minimum Gasteiger partial charge on any atom is -0.478 e. The van der Waals surface area contributed by atoms with Crippen LogP contribution in [0.4, 0.5) is 0 Å². The van der Waals surface area contributed by atoms with E-state index < -0.39 is 12.1 Å². The number of hydrogen-bond acceptors (Lipinski definition) is 3. The molecule has 3 atom stereocenters. The number of nitrogens with zero attached hydrogens (tertiary/aromatic N) is 1. The van der Waals surface area contributed by atoms with E-state index in [1.54, 1.807) is 0 Å². The fourth-order valence-corrected chi connectivity index (χ4v) is 2.01. The molecule has 1 unspecified atom stereocenters. The first-order chi connectivity index (χ1) is 8.63. The summed E-state index contributed by atoms with van der Waals surface area (Å²) in [5, 5.41) is 9.19. The summed E-state index contributed by atoms with van der Waals surface area (Å²) < 4.78 is 5.49. The molecule has 0 saturated heterocycles. The van der Waals surface area contributed by atoms with Crippen LogP contribution in [0, 0.1) is 5.92 Å². The monoisotopic (exact) mass is 247 g/mol. The molecule has 1 aromatic rings. The number of hydrogen-bond donors (Lipinski definition) is 1. The van der Waals surface area contributed by atoms with Crippen LogP contribution in [-0.4, -0.2) is 29.1 Å². The van der Waals surface area contributed by atoms with Gasteiger partial charge in [-0.1, -0.05) is 38.5 Å². The van der Waals surface area contributed by atoms with E-state index in [1.165, 1.54) is 0 Å². The smallest absolute Gasteiger partial charge is 0.347 e. The molecule has 0 radical (unpaired) electrons. The van der Waals surface area contributed by atoms with E-state index in [0.29, 0.717) is 5.90 Å². The van der Waals surface area contributed by atoms with Gasteiger partial charge in [-0.25, -0.2) is 9.79 Å². The van der Waals surface area contributed by atoms with Crippen LogP contribution in [0.15, 0.2) is 35.3 Å². The summed E-state index contributed by atoms with van der Waals surface area (Å²) in [6.07, 6.45) is 0.0128. The summed E-state index contributed by atoms with van der Waals surface area (Å²) in [5.74, 6) is -0.324. The lowest BCUT2D eigenvalue weighted by Crippen LogP contribution is -2.35. The van der Waals surface area contributed by atoms with Crippen molar-refractivity contribution in [3.05, 3.63) is 35.9 Å². The second-order valence-corrected chi connectivity index (χ2v) is 4.55. The maximum Gasteiger partial charge on any atom is 0.347 e. The number of aliphatic carboxylic acids is 1. The molecule has 0 aromatic heterocycles. The molecule has 0 bridgehead atoms. The second kappa shape index (κ2) is 5.21. The maximum atomic E-state index is 11.2. The van der Waals surface area contributed by atoms with Gasteiger partial charge in [0.15, 0.2) is 0 Å². The van der Waals surface area contributed by atoms with Crippen LogP contribution in [0.5, 0.6) is 0 Å². The number of benzene rings is 1. The van der Waals surface area contributed by atoms with E-state index >= 15 is 0 Å². The van der Waals surface area contributed by atoms with Crippen molar-refractivity contribution in [2.75, 3.05) is 0 Å². The quantitative estimate of drug-likeness (QED) is 0.888. The van der Waals surface area contributed by atoms with Crippen LogP contribution < -0.4 is 0 Å². The van der Waals surface area contributed by atoms with E-state index in [2.05, 4.69) is 4.99 Å². The second-order valence-electron chi connectivity index (χ2n) is 4.55. The minimum absolute atomic E-state index is 0.187. The molecule has 1 aromatic carbocycles. The molecule has 0 spiro atoms. The molecule has 18 heavy (non-hydrogen) atoms. The fraction of sp³-hybridized carbons (Fsp3) is 0.429. The van der Waals surface area contributed by atoms with Gasteiger partial charge in [0.25, 0.3) is 0 Å². The number of ether oxygens (including phenoxy) is 1. The summed E-state index contributed by atoms with van der Waals surface area (Å²) in [6.45, 7) is 4.03. The van der Waals surface area contributed by atoms with E-state index in [1.807, 2.05) is 44.2 Å². The zero-order valence-corrected chi connectivity index (χ0v) is 10.5. The highest BCUT2D eigenvalue weighted by Gasteiger charge is 2.39. The van der Waals surface area contributed by atoms with E-state index in [9.17, 15) is 9.90 Å². The Kier molecular flexibility index (Phi) is 3.65. The first-order valence-corrected chi connectivity index (χ1v) is 6.16. The molecule has 1 aliphatic rings. The van der Waals surface area contributed by atoms with Crippen molar-refractivity contribution in [3.8, 4) is 0 Å². The van der Waals surface area contributed by atoms with Gasteiger partial charge in [0.2, 0.25) is 12.0 Å². The van der Waals surface area contributed by atoms with Crippen molar-refractivity contribution in [2.45, 2.75) is 32.4 Å². The van der Waals surface area contributed by atoms with Crippen LogP contribution in [0.1, 0.15) is 25.8 Å². The van der Waals surface area contributed by atoms with E-state index in [-0.39, 0.29) is 12.0 Å². The zero-order chi connectivity index (χ0) is 13.1. The molecule has 0 amide bonds. The van der Waals surface area contributed by atoms with Crippen molar-refractivity contribution in [2.24, 2.45) is 10.9 Å². The summed E-state index contributed by atoms with van der Waals surface area (Å²) in [6, 6.07) is 9.11. The van der Waals surface area contributed by atoms with Crippen LogP contribution in [0.3, 0.4) is 0 Å². The summed E-state index contributed by atoms with van der Waals surface area (Å²) in [5.41, 5.74) is 0.828. The lowest BCUT2D eigenvalue weighted by atomic mass is 9.95. The molecule has 0 aliphatic carbocycles. The highest BCUT2D eigenvalue weighted by atomic mass is 16.5. The molecule has 4 nitrogen and oxygen atoms in total. The normalized spacial score (nSPS) is 24.2. The molecule has 4 heteroatoms. The third-order valence-electron chi connectivity index (χ3n) is 3.31. The first kappa shape index (κ1) is 12.6. The minimum atomic E-state index is -0.949. The fourth-order valence-electron chi connectivity index (χ4n) is 2.01. The van der Waals surface area contributed by atoms with Crippen molar-refractivity contribution in [3.63, 3.8) is 0 Å². The van der Waals surface area contributed by atoms with E-state index in [4.69, 9.17) is 4.74 Å². The van der Waals surface area contributed by atoms with Crippen molar-refractivity contribution in [1.82, 2.24) is 0 Å². The molecular formula is C14H17NO3. The third-order valence-corrected chi connectivity index (χ3v) is 3.31. The molecule has 1 N–H and O–H groups in total. The Morgan fingerprint density at radius 1 is 1.44 bits per heavy atom. The van der Waals surface area contributed by atoms with Crippen LogP contribution in [0.25, 0.3) is 0 Å². The molecule has 0 saturated carbocycles. The van der Waals surface area contributed by atoms with Gasteiger partial charge in [-0.2, -0.15) is 0 Å². The van der Waals surface area contributed by atoms with Crippen LogP contribution in [0.2, 0.25) is 0 Å². The molecular weight excluding hydrogens is 230 g/mol. The molecule has 96 valence electrons. The van der Waals surface area contributed by atoms with Crippen LogP contribution in [-0.2, 0) is 9.53 Å². The topological polar surface area (TPSA) is 58.9 Å². The van der Waals surface area contributed by atoms with Crippen molar-refractivity contribution in [1.29, 1.82) is 0 Å². The van der Waals surface area contributed by atoms with Gasteiger partial charge in [-0.05, 0) is 18.1 Å². The van der Waals surface area contributed by atoms with Gasteiger partial charge < -0.3 is 9.84 Å². The lowest BCUT2D eigenvalue weighted by Gasteiger charge is -2.18. The predicted molar refractivity (Wildman–Crippen MR) is 68.7 cm³/mol. The van der Waals surface area contributed by atoms with Gasteiger partial charge in [0.05, 0.1) is 0 Å². The maximum absolute atomic E-state index is 11.2. The van der Waals surface area contributed by atoms with Gasteiger partial charge >= 0.3 is 5.97 Å². The highest BCUT2D eigenvalue weighted by Crippen LogP contribution is 2.25. The van der Waals surface area contributed by atoms with E-state index in [0.717, 1.165) is 12.0 Å². The zero-order valence-electron chi connectivity index (χ0n) is 10.5. The standard InChI is InChI=1S/C14H17NO3/c1-3-9(2)11-12(14(16)17)18-13(15-11)10-7-5-4-6-8-10/h4-9,11-12H,3H2,1-2H3,(H,16,17)/t9?,11-,12+/m0/s1.